The second-order valence-corrected chi connectivity index (χ2v) is 5.30. The Morgan fingerprint density at radius 2 is 2.27 bits per heavy atom. The number of nitrogens with one attached hydrogen (secondary N) is 1. The number of ether oxygens (including phenoxy) is 2. The summed E-state index contributed by atoms with van der Waals surface area (Å²) in [6.45, 7) is 3.82. The molecular weight excluding hydrogens is 290 g/mol. The smallest absolute Gasteiger partial charge is 0.308 e. The zero-order chi connectivity index (χ0) is 16.5. The van der Waals surface area contributed by atoms with Crippen LogP contribution in [0.15, 0.2) is 17.4 Å². The summed E-state index contributed by atoms with van der Waals surface area (Å²) in [5.41, 5.74) is 0. The Balaban J connectivity index is 2.40. The monoisotopic (exact) mass is 313 g/mol. The molecule has 1 amide bonds. The lowest BCUT2D eigenvalue weighted by Crippen LogP contribution is -2.29. The van der Waals surface area contributed by atoms with Crippen LogP contribution in [0.1, 0.15) is 26.7 Å². The SMILES string of the molecule is CC(C)C(=O)OCC1CCC(N(C)/C=C\C(=NO)NC=O)O1. The molecule has 0 aromatic carbocycles. The highest BCUT2D eigenvalue weighted by atomic mass is 16.6. The normalized spacial score (nSPS) is 22.1. The number of esters is 1. The molecule has 0 spiro atoms. The Morgan fingerprint density at radius 1 is 1.55 bits per heavy atom. The highest BCUT2D eigenvalue weighted by Gasteiger charge is 2.28. The molecule has 1 saturated heterocycles. The summed E-state index contributed by atoms with van der Waals surface area (Å²) in [4.78, 5) is 23.5. The maximum Gasteiger partial charge on any atom is 0.308 e. The second kappa shape index (κ2) is 9.04. The van der Waals surface area contributed by atoms with Gasteiger partial charge >= 0.3 is 5.97 Å². The van der Waals surface area contributed by atoms with Crippen molar-refractivity contribution >= 4 is 18.2 Å². The van der Waals surface area contributed by atoms with Crippen molar-refractivity contribution in [3.8, 4) is 0 Å². The van der Waals surface area contributed by atoms with E-state index in [1.54, 1.807) is 32.0 Å². The molecule has 8 nitrogen and oxygen atoms in total. The van der Waals surface area contributed by atoms with Crippen LogP contribution in [0, 0.1) is 5.92 Å². The lowest BCUT2D eigenvalue weighted by Gasteiger charge is -2.23. The van der Waals surface area contributed by atoms with Crippen molar-refractivity contribution in [1.82, 2.24) is 10.2 Å². The summed E-state index contributed by atoms with van der Waals surface area (Å²) in [6.07, 6.45) is 4.81. The van der Waals surface area contributed by atoms with Crippen LogP contribution in [0.25, 0.3) is 0 Å². The molecule has 124 valence electrons. The molecule has 0 aromatic heterocycles. The number of hydrogen-bond acceptors (Lipinski definition) is 7. The van der Waals surface area contributed by atoms with E-state index in [1.807, 2.05) is 0 Å². The molecule has 2 atom stereocenters. The molecule has 0 bridgehead atoms. The summed E-state index contributed by atoms with van der Waals surface area (Å²) in [7, 11) is 1.81. The Labute approximate surface area is 129 Å². The minimum absolute atomic E-state index is 0.0299. The van der Waals surface area contributed by atoms with Gasteiger partial charge in [-0.15, -0.1) is 0 Å². The van der Waals surface area contributed by atoms with Crippen LogP contribution in [-0.4, -0.2) is 54.3 Å². The van der Waals surface area contributed by atoms with Gasteiger partial charge in [0.05, 0.1) is 12.0 Å². The largest absolute Gasteiger partial charge is 0.463 e. The van der Waals surface area contributed by atoms with Gasteiger partial charge in [0.1, 0.15) is 12.8 Å². The van der Waals surface area contributed by atoms with E-state index in [-0.39, 0.29) is 36.7 Å². The summed E-state index contributed by atoms with van der Waals surface area (Å²) < 4.78 is 10.9. The molecular formula is C14H23N3O5. The van der Waals surface area contributed by atoms with E-state index in [0.717, 1.165) is 12.8 Å². The maximum absolute atomic E-state index is 11.4. The first-order valence-electron chi connectivity index (χ1n) is 7.12. The van der Waals surface area contributed by atoms with E-state index in [0.29, 0.717) is 6.41 Å². The van der Waals surface area contributed by atoms with E-state index in [2.05, 4.69) is 10.5 Å². The average Bonchev–Trinajstić information content (AvgIpc) is 2.97. The van der Waals surface area contributed by atoms with Crippen LogP contribution in [0.3, 0.4) is 0 Å². The highest BCUT2D eigenvalue weighted by Crippen LogP contribution is 2.22. The van der Waals surface area contributed by atoms with Crippen molar-refractivity contribution in [2.24, 2.45) is 11.1 Å². The van der Waals surface area contributed by atoms with Crippen LogP contribution in [0.5, 0.6) is 0 Å². The van der Waals surface area contributed by atoms with Crippen LogP contribution >= 0.6 is 0 Å². The Bertz CT molecular complexity index is 436. The molecule has 1 heterocycles. The van der Waals surface area contributed by atoms with Crippen LogP contribution < -0.4 is 5.32 Å². The first-order chi connectivity index (χ1) is 10.5. The minimum Gasteiger partial charge on any atom is -0.463 e. The number of carbonyl (C=O) groups is 2. The fourth-order valence-corrected chi connectivity index (χ4v) is 1.91. The third-order valence-corrected chi connectivity index (χ3v) is 3.20. The Kier molecular flexibility index (Phi) is 7.38. The Hall–Kier alpha value is -2.09. The molecule has 1 rings (SSSR count). The third-order valence-electron chi connectivity index (χ3n) is 3.20. The van der Waals surface area contributed by atoms with E-state index < -0.39 is 0 Å². The van der Waals surface area contributed by atoms with Gasteiger partial charge in [0, 0.05) is 19.3 Å². The number of hydrogen-bond donors (Lipinski definition) is 2. The lowest BCUT2D eigenvalue weighted by molar-refractivity contribution is -0.152. The number of amides is 1. The Morgan fingerprint density at radius 3 is 2.86 bits per heavy atom. The average molecular weight is 313 g/mol. The van der Waals surface area contributed by atoms with Crippen LogP contribution in [0.4, 0.5) is 0 Å². The fraction of sp³-hybridized carbons (Fsp3) is 0.643. The van der Waals surface area contributed by atoms with Gasteiger partial charge in [-0.3, -0.25) is 9.59 Å². The van der Waals surface area contributed by atoms with Crippen molar-refractivity contribution in [3.05, 3.63) is 12.3 Å². The van der Waals surface area contributed by atoms with Crippen LogP contribution in [0.2, 0.25) is 0 Å². The molecule has 2 unspecified atom stereocenters. The maximum atomic E-state index is 11.4. The first kappa shape index (κ1) is 18.0. The first-order valence-corrected chi connectivity index (χ1v) is 7.12. The summed E-state index contributed by atoms with van der Waals surface area (Å²) in [5.74, 6) is -0.351. The zero-order valence-corrected chi connectivity index (χ0v) is 13.1. The van der Waals surface area contributed by atoms with Gasteiger partial charge in [0.2, 0.25) is 6.41 Å². The highest BCUT2D eigenvalue weighted by molar-refractivity contribution is 5.98. The van der Waals surface area contributed by atoms with Gasteiger partial charge < -0.3 is 24.9 Å². The van der Waals surface area contributed by atoms with Gasteiger partial charge in [0.25, 0.3) is 0 Å². The number of rotatable bonds is 7. The zero-order valence-electron chi connectivity index (χ0n) is 13.1. The molecule has 0 saturated carbocycles. The quantitative estimate of drug-likeness (QED) is 0.179. The van der Waals surface area contributed by atoms with Crippen molar-refractivity contribution < 1.29 is 24.3 Å². The topological polar surface area (TPSA) is 100 Å². The molecule has 22 heavy (non-hydrogen) atoms. The van der Waals surface area contributed by atoms with Crippen molar-refractivity contribution in [2.75, 3.05) is 13.7 Å². The number of nitrogens with zero attached hydrogens (tertiary/aromatic N) is 2. The molecule has 0 radical (unpaired) electrons. The van der Waals surface area contributed by atoms with E-state index >= 15 is 0 Å². The van der Waals surface area contributed by atoms with E-state index in [9.17, 15) is 9.59 Å². The summed E-state index contributed by atoms with van der Waals surface area (Å²) >= 11 is 0. The molecule has 1 aliphatic heterocycles. The molecule has 8 heteroatoms. The molecule has 0 aliphatic carbocycles. The molecule has 2 N–H and O–H groups in total. The van der Waals surface area contributed by atoms with Gasteiger partial charge in [-0.2, -0.15) is 0 Å². The number of amidine groups is 1. The minimum atomic E-state index is -0.232. The predicted molar refractivity (Wildman–Crippen MR) is 79.0 cm³/mol. The second-order valence-electron chi connectivity index (χ2n) is 5.30. The summed E-state index contributed by atoms with van der Waals surface area (Å²) in [5, 5.41) is 13.8. The van der Waals surface area contributed by atoms with Gasteiger partial charge in [0.15, 0.2) is 5.84 Å². The van der Waals surface area contributed by atoms with Crippen LogP contribution in [-0.2, 0) is 19.1 Å². The molecule has 0 aromatic rings. The van der Waals surface area contributed by atoms with E-state index in [1.165, 1.54) is 6.08 Å². The predicted octanol–water partition coefficient (Wildman–Crippen LogP) is 0.670. The lowest BCUT2D eigenvalue weighted by atomic mass is 10.2. The van der Waals surface area contributed by atoms with Gasteiger partial charge in [-0.1, -0.05) is 19.0 Å². The summed E-state index contributed by atoms with van der Waals surface area (Å²) in [6, 6.07) is 0. The van der Waals surface area contributed by atoms with Gasteiger partial charge in [-0.25, -0.2) is 0 Å². The third kappa shape index (κ3) is 5.72. The number of oxime groups is 1. The standard InChI is InChI=1S/C14H23N3O5/c1-10(2)14(19)21-8-11-4-5-13(22-11)17(3)7-6-12(16-20)15-9-18/h6-7,9-11,13,20H,4-5,8H2,1-3H3,(H,15,16,18)/b7-6-. The number of carbonyl (C=O) groups excluding carboxylic acids is 2. The van der Waals surface area contributed by atoms with Crippen molar-refractivity contribution in [3.63, 3.8) is 0 Å². The van der Waals surface area contributed by atoms with Crippen molar-refractivity contribution in [2.45, 2.75) is 39.0 Å². The van der Waals surface area contributed by atoms with Gasteiger partial charge in [-0.05, 0) is 12.8 Å². The fourth-order valence-electron chi connectivity index (χ4n) is 1.91. The molecule has 1 aliphatic rings. The van der Waals surface area contributed by atoms with Crippen molar-refractivity contribution in [1.29, 1.82) is 0 Å². The molecule has 1 fully saturated rings. The van der Waals surface area contributed by atoms with E-state index in [4.69, 9.17) is 14.7 Å².